The van der Waals surface area contributed by atoms with Crippen LogP contribution < -0.4 is 5.32 Å². The number of anilines is 1. The smallest absolute Gasteiger partial charge is 0.245 e. The second kappa shape index (κ2) is 10.8. The van der Waals surface area contributed by atoms with Crippen molar-refractivity contribution in [2.75, 3.05) is 46.2 Å². The molecule has 176 valence electrons. The molecule has 2 aliphatic rings. The highest BCUT2D eigenvalue weighted by atomic mass is 35.5. The summed E-state index contributed by atoms with van der Waals surface area (Å²) in [5.41, 5.74) is 0.552. The van der Waals surface area contributed by atoms with E-state index in [-0.39, 0.29) is 23.6 Å². The highest BCUT2D eigenvalue weighted by Gasteiger charge is 2.35. The summed E-state index contributed by atoms with van der Waals surface area (Å²) in [4.78, 5) is 2.57. The Labute approximate surface area is 190 Å². The highest BCUT2D eigenvalue weighted by Crippen LogP contribution is 2.33. The van der Waals surface area contributed by atoms with Crippen LogP contribution in [0, 0.1) is 0 Å². The molecule has 2 atom stereocenters. The normalized spacial score (nSPS) is 23.7. The summed E-state index contributed by atoms with van der Waals surface area (Å²) in [6, 6.07) is 5.40. The third kappa shape index (κ3) is 5.90. The molecule has 0 radical (unpaired) electrons. The molecule has 2 N–H and O–H groups in total. The van der Waals surface area contributed by atoms with Crippen LogP contribution in [0.15, 0.2) is 23.1 Å². The van der Waals surface area contributed by atoms with E-state index in [1.54, 1.807) is 12.1 Å². The van der Waals surface area contributed by atoms with Gasteiger partial charge in [-0.1, -0.05) is 11.6 Å². The van der Waals surface area contributed by atoms with E-state index in [4.69, 9.17) is 21.1 Å². The van der Waals surface area contributed by atoms with Crippen LogP contribution in [0.3, 0.4) is 0 Å². The first-order valence-electron chi connectivity index (χ1n) is 10.8. The van der Waals surface area contributed by atoms with Crippen LogP contribution in [-0.2, 0) is 19.5 Å². The number of rotatable bonds is 9. The van der Waals surface area contributed by atoms with Crippen LogP contribution >= 0.6 is 11.6 Å². The number of hydrogen-bond acceptors (Lipinski definition) is 7. The molecule has 8 nitrogen and oxygen atoms in total. The molecule has 1 saturated heterocycles. The number of aliphatic hydroxyl groups is 1. The number of piperidine rings is 1. The first-order valence-corrected chi connectivity index (χ1v) is 12.6. The van der Waals surface area contributed by atoms with Crippen LogP contribution in [0.2, 0.25) is 5.02 Å². The van der Waals surface area contributed by atoms with Crippen molar-refractivity contribution in [2.45, 2.75) is 61.5 Å². The van der Waals surface area contributed by atoms with E-state index in [0.29, 0.717) is 16.8 Å². The van der Waals surface area contributed by atoms with Gasteiger partial charge in [0.05, 0.1) is 18.3 Å². The molecule has 0 amide bonds. The predicted molar refractivity (Wildman–Crippen MR) is 121 cm³/mol. The molecule has 0 spiro atoms. The van der Waals surface area contributed by atoms with Gasteiger partial charge in [-0.2, -0.15) is 4.31 Å². The molecule has 2 unspecified atom stereocenters. The van der Waals surface area contributed by atoms with Gasteiger partial charge in [-0.05, 0) is 50.3 Å². The van der Waals surface area contributed by atoms with E-state index in [2.05, 4.69) is 10.2 Å². The lowest BCUT2D eigenvalue weighted by atomic mass is 10.0. The van der Waals surface area contributed by atoms with E-state index in [1.807, 2.05) is 0 Å². The number of nitrogens with one attached hydrogen (secondary N) is 1. The Morgan fingerprint density at radius 3 is 2.55 bits per heavy atom. The number of likely N-dealkylation sites (tertiary alicyclic amines) is 1. The largest absolute Gasteiger partial charge is 0.393 e. The molecule has 0 aromatic heterocycles. The van der Waals surface area contributed by atoms with Crippen molar-refractivity contribution in [1.29, 1.82) is 0 Å². The van der Waals surface area contributed by atoms with E-state index < -0.39 is 16.3 Å². The number of sulfonamides is 1. The van der Waals surface area contributed by atoms with Crippen molar-refractivity contribution < 1.29 is 23.0 Å². The van der Waals surface area contributed by atoms with Crippen LogP contribution in [0.25, 0.3) is 0 Å². The van der Waals surface area contributed by atoms with Gasteiger partial charge in [-0.15, -0.1) is 0 Å². The van der Waals surface area contributed by atoms with Crippen LogP contribution in [0.4, 0.5) is 5.69 Å². The second-order valence-corrected chi connectivity index (χ2v) is 10.8. The average Bonchev–Trinajstić information content (AvgIpc) is 3.21. The van der Waals surface area contributed by atoms with E-state index >= 15 is 0 Å². The molecule has 31 heavy (non-hydrogen) atoms. The number of hydrogen-bond donors (Lipinski definition) is 2. The third-order valence-electron chi connectivity index (χ3n) is 6.35. The Morgan fingerprint density at radius 1 is 1.23 bits per heavy atom. The standard InChI is InChI=1S/C21H34ClN3O5S/c1-24(14-21(29-2)30-3)31(27,28)20-13-15(22)7-8-18(20)23-17-5-4-6-19(17)25-11-9-16(26)10-12-25/h7-8,13,16-17,19,21,23,26H,4-6,9-12,14H2,1-3H3. The van der Waals surface area contributed by atoms with Crippen LogP contribution in [0.1, 0.15) is 32.1 Å². The molecular formula is C21H34ClN3O5S. The summed E-state index contributed by atoms with van der Waals surface area (Å²) >= 11 is 6.18. The Morgan fingerprint density at radius 2 is 1.90 bits per heavy atom. The fourth-order valence-corrected chi connectivity index (χ4v) is 6.08. The van der Waals surface area contributed by atoms with E-state index in [1.165, 1.54) is 31.6 Å². The summed E-state index contributed by atoms with van der Waals surface area (Å²) in [5, 5.41) is 13.7. The molecular weight excluding hydrogens is 442 g/mol. The minimum atomic E-state index is -3.82. The van der Waals surface area contributed by atoms with Gasteiger partial charge < -0.3 is 19.9 Å². The lowest BCUT2D eigenvalue weighted by Crippen LogP contribution is -2.48. The number of halogens is 1. The Bertz CT molecular complexity index is 828. The maximum Gasteiger partial charge on any atom is 0.245 e. The fraction of sp³-hybridized carbons (Fsp3) is 0.714. The van der Waals surface area contributed by atoms with Crippen LogP contribution in [0.5, 0.6) is 0 Å². The molecule has 1 saturated carbocycles. The zero-order valence-electron chi connectivity index (χ0n) is 18.5. The number of benzene rings is 1. The monoisotopic (exact) mass is 475 g/mol. The summed E-state index contributed by atoms with van der Waals surface area (Å²) in [6.45, 7) is 1.80. The number of ether oxygens (including phenoxy) is 2. The maximum atomic E-state index is 13.3. The number of methoxy groups -OCH3 is 2. The summed E-state index contributed by atoms with van der Waals surface area (Å²) in [7, 11) is 0.630. The number of likely N-dealkylation sites (N-methyl/N-ethyl adjacent to an activating group) is 1. The average molecular weight is 476 g/mol. The van der Waals surface area contributed by atoms with Gasteiger partial charge in [0.2, 0.25) is 10.0 Å². The SMILES string of the molecule is COC(CN(C)S(=O)(=O)c1cc(Cl)ccc1NC1CCCC1N1CCC(O)CC1)OC. The van der Waals surface area contributed by atoms with E-state index in [9.17, 15) is 13.5 Å². The van der Waals surface area contributed by atoms with Gasteiger partial charge in [0.25, 0.3) is 0 Å². The van der Waals surface area contributed by atoms with Gasteiger partial charge in [0.1, 0.15) is 4.90 Å². The molecule has 1 heterocycles. The molecule has 10 heteroatoms. The Hall–Kier alpha value is -0.940. The summed E-state index contributed by atoms with van der Waals surface area (Å²) in [6.07, 6.45) is 3.81. The molecule has 1 aliphatic carbocycles. The lowest BCUT2D eigenvalue weighted by molar-refractivity contribution is -0.106. The minimum absolute atomic E-state index is 0.0590. The Kier molecular flexibility index (Phi) is 8.59. The molecule has 2 fully saturated rings. The summed E-state index contributed by atoms with van der Waals surface area (Å²) < 4.78 is 38.2. The second-order valence-electron chi connectivity index (χ2n) is 8.34. The van der Waals surface area contributed by atoms with Gasteiger partial charge in [0, 0.05) is 51.5 Å². The quantitative estimate of drug-likeness (QED) is 0.530. The van der Waals surface area contributed by atoms with Gasteiger partial charge >= 0.3 is 0 Å². The van der Waals surface area contributed by atoms with Crippen LogP contribution in [-0.4, -0.2) is 88.1 Å². The van der Waals surface area contributed by atoms with Gasteiger partial charge in [-0.3, -0.25) is 4.90 Å². The minimum Gasteiger partial charge on any atom is -0.393 e. The molecule has 1 aliphatic heterocycles. The first kappa shape index (κ1) is 24.7. The van der Waals surface area contributed by atoms with Crippen molar-refractivity contribution >= 4 is 27.3 Å². The van der Waals surface area contributed by atoms with E-state index in [0.717, 1.165) is 45.2 Å². The zero-order chi connectivity index (χ0) is 22.6. The van der Waals surface area contributed by atoms with Crippen molar-refractivity contribution in [1.82, 2.24) is 9.21 Å². The zero-order valence-corrected chi connectivity index (χ0v) is 20.0. The first-order chi connectivity index (χ1) is 14.8. The van der Waals surface area contributed by atoms with Crippen molar-refractivity contribution in [3.8, 4) is 0 Å². The fourth-order valence-electron chi connectivity index (χ4n) is 4.51. The topological polar surface area (TPSA) is 91.3 Å². The molecule has 1 aromatic carbocycles. The number of aliphatic hydroxyl groups excluding tert-OH is 1. The number of nitrogens with zero attached hydrogens (tertiary/aromatic N) is 2. The van der Waals surface area contributed by atoms with Crippen molar-refractivity contribution in [2.24, 2.45) is 0 Å². The third-order valence-corrected chi connectivity index (χ3v) is 8.45. The molecule has 0 bridgehead atoms. The van der Waals surface area contributed by atoms with Gasteiger partial charge in [0.15, 0.2) is 6.29 Å². The summed E-state index contributed by atoms with van der Waals surface area (Å²) in [5.74, 6) is 0. The maximum absolute atomic E-state index is 13.3. The van der Waals surface area contributed by atoms with Crippen molar-refractivity contribution in [3.05, 3.63) is 23.2 Å². The molecule has 1 aromatic rings. The van der Waals surface area contributed by atoms with Gasteiger partial charge in [-0.25, -0.2) is 8.42 Å². The van der Waals surface area contributed by atoms with Crippen molar-refractivity contribution in [3.63, 3.8) is 0 Å². The Balaban J connectivity index is 1.81. The molecule has 3 rings (SSSR count). The lowest BCUT2D eigenvalue weighted by Gasteiger charge is -2.38. The predicted octanol–water partition coefficient (Wildman–Crippen LogP) is 2.37. The highest BCUT2D eigenvalue weighted by molar-refractivity contribution is 7.89.